The van der Waals surface area contributed by atoms with Crippen LogP contribution in [0.25, 0.3) is 0 Å². The van der Waals surface area contributed by atoms with Crippen molar-refractivity contribution in [3.63, 3.8) is 0 Å². The number of halogens is 3. The van der Waals surface area contributed by atoms with Crippen LogP contribution in [0.3, 0.4) is 0 Å². The van der Waals surface area contributed by atoms with E-state index >= 15 is 0 Å². The molecule has 2 rings (SSSR count). The predicted octanol–water partition coefficient (Wildman–Crippen LogP) is 2.79. The Balaban J connectivity index is 0.00000128. The van der Waals surface area contributed by atoms with Gasteiger partial charge in [0.15, 0.2) is 0 Å². The van der Waals surface area contributed by atoms with Gasteiger partial charge in [0.25, 0.3) is 0 Å². The summed E-state index contributed by atoms with van der Waals surface area (Å²) in [6.07, 6.45) is 6.67. The maximum Gasteiger partial charge on any atom is 0.0435 e. The van der Waals surface area contributed by atoms with E-state index in [1.54, 1.807) is 24.3 Å². The molecular formula is C11H7F3NTi-. The summed E-state index contributed by atoms with van der Waals surface area (Å²) in [7, 11) is 0. The molecule has 0 fully saturated rings. The van der Waals surface area contributed by atoms with Gasteiger partial charge in [-0.05, 0) is 12.3 Å². The van der Waals surface area contributed by atoms with E-state index < -0.39 is 17.5 Å². The second kappa shape index (κ2) is 5.37. The van der Waals surface area contributed by atoms with Gasteiger partial charge in [0.1, 0.15) is 0 Å². The summed E-state index contributed by atoms with van der Waals surface area (Å²) in [6.45, 7) is 0.351. The molecule has 0 aromatic heterocycles. The molecule has 82 valence electrons. The number of allylic oxidation sites excluding steroid dienone is 2. The molecule has 1 aliphatic rings. The van der Waals surface area contributed by atoms with Crippen LogP contribution in [0, 0.1) is 23.5 Å². The summed E-state index contributed by atoms with van der Waals surface area (Å²) in [5.41, 5.74) is -0.281. The van der Waals surface area contributed by atoms with Crippen LogP contribution in [0.5, 0.6) is 0 Å². The molecule has 0 amide bonds. The molecule has 5 heteroatoms. The van der Waals surface area contributed by atoms with E-state index in [1.165, 1.54) is 11.1 Å². The first-order valence-corrected chi connectivity index (χ1v) is 4.35. The second-order valence-corrected chi connectivity index (χ2v) is 3.05. The van der Waals surface area contributed by atoms with E-state index in [0.717, 1.165) is 0 Å². The fourth-order valence-corrected chi connectivity index (χ4v) is 1.38. The predicted molar refractivity (Wildman–Crippen MR) is 50.8 cm³/mol. The Morgan fingerprint density at radius 1 is 1.19 bits per heavy atom. The number of rotatable bonds is 1. The summed E-state index contributed by atoms with van der Waals surface area (Å²) in [4.78, 5) is 1.35. The van der Waals surface area contributed by atoms with Crippen LogP contribution in [0.15, 0.2) is 30.5 Å². The van der Waals surface area contributed by atoms with Gasteiger partial charge < -0.3 is 4.90 Å². The van der Waals surface area contributed by atoms with Crippen LogP contribution < -0.4 is 4.90 Å². The van der Waals surface area contributed by atoms with Crippen molar-refractivity contribution in [3.8, 4) is 0 Å². The zero-order chi connectivity index (χ0) is 10.8. The minimum Gasteiger partial charge on any atom is -0.392 e. The van der Waals surface area contributed by atoms with E-state index in [2.05, 4.69) is 0 Å². The van der Waals surface area contributed by atoms with Gasteiger partial charge in [-0.3, -0.25) is 0 Å². The molecular weight excluding hydrogens is 251 g/mol. The molecule has 0 N–H and O–H groups in total. The van der Waals surface area contributed by atoms with Gasteiger partial charge in [0, 0.05) is 51.4 Å². The Hall–Kier alpha value is -0.996. The average Bonchev–Trinajstić information content (AvgIpc) is 2.17. The summed E-state index contributed by atoms with van der Waals surface area (Å²) >= 11 is 0. The van der Waals surface area contributed by atoms with Gasteiger partial charge >= 0.3 is 0 Å². The first-order chi connectivity index (χ1) is 7.18. The number of hydrogen-bond acceptors (Lipinski definition) is 1. The van der Waals surface area contributed by atoms with Crippen molar-refractivity contribution in [2.24, 2.45) is 0 Å². The standard InChI is InChI=1S/C11H7F3N.Ti/c12-8-6-9(13)11(10(14)7-8)15-4-2-1-3-5-15;/h1-4,6H,5H2;/q-1;. The Morgan fingerprint density at radius 3 is 2.50 bits per heavy atom. The van der Waals surface area contributed by atoms with Crippen LogP contribution in [-0.2, 0) is 21.7 Å². The summed E-state index contributed by atoms with van der Waals surface area (Å²) < 4.78 is 39.1. The van der Waals surface area contributed by atoms with Crippen molar-refractivity contribution < 1.29 is 34.9 Å². The maximum atomic E-state index is 13.3. The van der Waals surface area contributed by atoms with Gasteiger partial charge in [-0.1, -0.05) is 18.2 Å². The van der Waals surface area contributed by atoms with Crippen LogP contribution in [0.2, 0.25) is 0 Å². The molecule has 0 bridgehead atoms. The number of anilines is 1. The first-order valence-electron chi connectivity index (χ1n) is 4.35. The summed E-state index contributed by atoms with van der Waals surface area (Å²) in [5.74, 6) is -2.98. The zero-order valence-corrected chi connectivity index (χ0v) is 9.74. The fraction of sp³-hybridized carbons (Fsp3) is 0.0909. The van der Waals surface area contributed by atoms with Gasteiger partial charge in [-0.15, -0.1) is 6.07 Å². The van der Waals surface area contributed by atoms with E-state index in [-0.39, 0.29) is 27.4 Å². The molecule has 1 heterocycles. The Morgan fingerprint density at radius 2 is 1.94 bits per heavy atom. The van der Waals surface area contributed by atoms with Crippen molar-refractivity contribution in [2.45, 2.75) is 0 Å². The minimum absolute atomic E-state index is 0. The minimum atomic E-state index is -1.04. The van der Waals surface area contributed by atoms with Gasteiger partial charge in [-0.25, -0.2) is 13.2 Å². The fourth-order valence-electron chi connectivity index (χ4n) is 1.38. The van der Waals surface area contributed by atoms with Crippen molar-refractivity contribution in [1.29, 1.82) is 0 Å². The Labute approximate surface area is 106 Å². The topological polar surface area (TPSA) is 3.24 Å². The first kappa shape index (κ1) is 13.1. The Bertz CT molecular complexity index is 420. The van der Waals surface area contributed by atoms with Crippen LogP contribution in [0.4, 0.5) is 18.9 Å². The average molecular weight is 258 g/mol. The van der Waals surface area contributed by atoms with Crippen molar-refractivity contribution in [1.82, 2.24) is 0 Å². The van der Waals surface area contributed by atoms with Gasteiger partial charge in [0.05, 0.1) is 0 Å². The molecule has 0 unspecified atom stereocenters. The van der Waals surface area contributed by atoms with E-state index in [9.17, 15) is 13.2 Å². The number of nitrogens with zero attached hydrogens (tertiary/aromatic N) is 1. The second-order valence-electron chi connectivity index (χ2n) is 3.05. The Kier molecular flexibility index (Phi) is 4.39. The molecule has 0 saturated carbocycles. The maximum absolute atomic E-state index is 13.3. The third kappa shape index (κ3) is 2.57. The molecule has 0 spiro atoms. The van der Waals surface area contributed by atoms with E-state index in [0.29, 0.717) is 12.6 Å². The van der Waals surface area contributed by atoms with Gasteiger partial charge in [-0.2, -0.15) is 0 Å². The largest absolute Gasteiger partial charge is 0.392 e. The smallest absolute Gasteiger partial charge is 0.0435 e. The molecule has 0 aliphatic carbocycles. The normalized spacial score (nSPS) is 13.8. The van der Waals surface area contributed by atoms with Crippen molar-refractivity contribution in [3.05, 3.63) is 54.0 Å². The molecule has 1 nitrogen and oxygen atoms in total. The van der Waals surface area contributed by atoms with E-state index in [4.69, 9.17) is 0 Å². The number of benzene rings is 1. The summed E-state index contributed by atoms with van der Waals surface area (Å²) in [6, 6.07) is 2.42. The quantitative estimate of drug-likeness (QED) is 0.553. The molecule has 1 aromatic carbocycles. The third-order valence-corrected chi connectivity index (χ3v) is 2.02. The summed E-state index contributed by atoms with van der Waals surface area (Å²) in [5, 5.41) is 0. The zero-order valence-electron chi connectivity index (χ0n) is 8.17. The van der Waals surface area contributed by atoms with Crippen molar-refractivity contribution in [2.75, 3.05) is 11.4 Å². The SMILES string of the molecule is Fc1[c-]c(F)c(N2C=CC=CC2)c(F)c1.[Ti]. The molecule has 1 aromatic rings. The van der Waals surface area contributed by atoms with Crippen LogP contribution >= 0.6 is 0 Å². The van der Waals surface area contributed by atoms with E-state index in [1.807, 2.05) is 0 Å². The van der Waals surface area contributed by atoms with Crippen molar-refractivity contribution >= 4 is 5.69 Å². The number of hydrogen-bond donors (Lipinski definition) is 0. The van der Waals surface area contributed by atoms with Gasteiger partial charge in [0.2, 0.25) is 0 Å². The van der Waals surface area contributed by atoms with Crippen LogP contribution in [0.1, 0.15) is 0 Å². The van der Waals surface area contributed by atoms with Crippen LogP contribution in [-0.4, -0.2) is 6.54 Å². The molecule has 0 atom stereocenters. The molecule has 0 radical (unpaired) electrons. The molecule has 16 heavy (non-hydrogen) atoms. The monoisotopic (exact) mass is 258 g/mol. The molecule has 1 aliphatic heterocycles. The third-order valence-electron chi connectivity index (χ3n) is 2.02. The molecule has 0 saturated heterocycles.